The summed E-state index contributed by atoms with van der Waals surface area (Å²) in [6, 6.07) is 8.29. The third-order valence-electron chi connectivity index (χ3n) is 2.74. The molecule has 0 aliphatic rings. The summed E-state index contributed by atoms with van der Waals surface area (Å²) in [6.07, 6.45) is 3.90. The molecule has 0 heterocycles. The summed E-state index contributed by atoms with van der Waals surface area (Å²) in [4.78, 5) is 12.9. The Labute approximate surface area is 109 Å². The van der Waals surface area contributed by atoms with Crippen LogP contribution in [0, 0.1) is 0 Å². The number of rotatable bonds is 6. The Kier molecular flexibility index (Phi) is 5.43. The molecule has 98 valence electrons. The minimum atomic E-state index is -0.920. The van der Waals surface area contributed by atoms with Crippen molar-refractivity contribution in [3.05, 3.63) is 35.9 Å². The van der Waals surface area contributed by atoms with Crippen LogP contribution in [-0.2, 0) is 4.79 Å². The maximum Gasteiger partial charge on any atom is 0.328 e. The highest BCUT2D eigenvalue weighted by molar-refractivity contribution is 5.87. The number of aliphatic carboxylic acids is 1. The maximum atomic E-state index is 10.6. The molecule has 1 aromatic rings. The monoisotopic (exact) mass is 247 g/mol. The van der Waals surface area contributed by atoms with Crippen molar-refractivity contribution in [1.29, 1.82) is 0 Å². The Morgan fingerprint density at radius 1 is 1.39 bits per heavy atom. The van der Waals surface area contributed by atoms with Crippen molar-refractivity contribution in [2.45, 2.75) is 33.2 Å². The van der Waals surface area contributed by atoms with E-state index in [1.807, 2.05) is 24.3 Å². The van der Waals surface area contributed by atoms with Gasteiger partial charge >= 0.3 is 5.97 Å². The summed E-state index contributed by atoms with van der Waals surface area (Å²) in [7, 11) is 0. The van der Waals surface area contributed by atoms with E-state index in [-0.39, 0.29) is 0 Å². The molecule has 0 atom stereocenters. The number of anilines is 1. The molecule has 0 unspecified atom stereocenters. The van der Waals surface area contributed by atoms with E-state index in [2.05, 4.69) is 25.7 Å². The molecule has 0 saturated carbocycles. The van der Waals surface area contributed by atoms with E-state index >= 15 is 0 Å². The van der Waals surface area contributed by atoms with Crippen molar-refractivity contribution in [2.24, 2.45) is 0 Å². The molecular weight excluding hydrogens is 226 g/mol. The predicted molar refractivity (Wildman–Crippen MR) is 75.9 cm³/mol. The molecule has 0 aliphatic carbocycles. The molecule has 0 amide bonds. The molecule has 0 bridgehead atoms. The number of benzene rings is 1. The van der Waals surface area contributed by atoms with Crippen LogP contribution in [-0.4, -0.2) is 23.7 Å². The minimum Gasteiger partial charge on any atom is -0.478 e. The first-order chi connectivity index (χ1) is 8.56. The lowest BCUT2D eigenvalue weighted by molar-refractivity contribution is -0.131. The largest absolute Gasteiger partial charge is 0.478 e. The molecule has 0 radical (unpaired) electrons. The Hall–Kier alpha value is -1.77. The highest BCUT2D eigenvalue weighted by Gasteiger charge is 2.11. The number of nitrogens with zero attached hydrogens (tertiary/aromatic N) is 1. The van der Waals surface area contributed by atoms with Crippen LogP contribution in [0.5, 0.6) is 0 Å². The van der Waals surface area contributed by atoms with Crippen molar-refractivity contribution < 1.29 is 9.90 Å². The average Bonchev–Trinajstić information content (AvgIpc) is 2.33. The lowest BCUT2D eigenvalue weighted by Crippen LogP contribution is -2.31. The Morgan fingerprint density at radius 2 is 2.06 bits per heavy atom. The van der Waals surface area contributed by atoms with Crippen LogP contribution in [0.2, 0.25) is 0 Å². The number of hydrogen-bond acceptors (Lipinski definition) is 2. The van der Waals surface area contributed by atoms with Crippen molar-refractivity contribution in [3.63, 3.8) is 0 Å². The van der Waals surface area contributed by atoms with Gasteiger partial charge in [-0.3, -0.25) is 0 Å². The zero-order valence-electron chi connectivity index (χ0n) is 11.3. The Bertz CT molecular complexity index is 424. The van der Waals surface area contributed by atoms with Gasteiger partial charge in [0.25, 0.3) is 0 Å². The van der Waals surface area contributed by atoms with Gasteiger partial charge in [0.15, 0.2) is 0 Å². The predicted octanol–water partition coefficient (Wildman–Crippen LogP) is 3.41. The van der Waals surface area contributed by atoms with E-state index in [0.29, 0.717) is 6.04 Å². The Morgan fingerprint density at radius 3 is 2.61 bits per heavy atom. The summed E-state index contributed by atoms with van der Waals surface area (Å²) in [5, 5.41) is 8.72. The number of carboxylic acid groups (broad SMARTS) is 1. The standard InChI is InChI=1S/C15H21NO2/c1-4-11-16(12(2)3)14-8-6-5-7-13(14)9-10-15(17)18/h5-10,12H,4,11H2,1-3H3,(H,17,18)/b10-9+. The second kappa shape index (κ2) is 6.84. The van der Waals surface area contributed by atoms with Gasteiger partial charge in [-0.25, -0.2) is 4.79 Å². The molecule has 0 saturated heterocycles. The summed E-state index contributed by atoms with van der Waals surface area (Å²) in [6.45, 7) is 7.40. The quantitative estimate of drug-likeness (QED) is 0.783. The molecule has 1 N–H and O–H groups in total. The first-order valence-corrected chi connectivity index (χ1v) is 6.33. The average molecular weight is 247 g/mol. The van der Waals surface area contributed by atoms with Crippen LogP contribution in [0.4, 0.5) is 5.69 Å². The third kappa shape index (κ3) is 3.91. The molecule has 0 aromatic heterocycles. The second-order valence-corrected chi connectivity index (χ2v) is 4.52. The molecule has 3 heteroatoms. The lowest BCUT2D eigenvalue weighted by atomic mass is 10.1. The van der Waals surface area contributed by atoms with Crippen molar-refractivity contribution in [1.82, 2.24) is 0 Å². The van der Waals surface area contributed by atoms with Crippen LogP contribution in [0.15, 0.2) is 30.3 Å². The van der Waals surface area contributed by atoms with E-state index < -0.39 is 5.97 Å². The van der Waals surface area contributed by atoms with Gasteiger partial charge in [0.1, 0.15) is 0 Å². The molecule has 3 nitrogen and oxygen atoms in total. The van der Waals surface area contributed by atoms with Crippen LogP contribution < -0.4 is 4.90 Å². The first kappa shape index (κ1) is 14.3. The van der Waals surface area contributed by atoms with Gasteiger partial charge in [0.2, 0.25) is 0 Å². The zero-order chi connectivity index (χ0) is 13.5. The van der Waals surface area contributed by atoms with E-state index in [1.165, 1.54) is 6.08 Å². The fourth-order valence-electron chi connectivity index (χ4n) is 1.95. The maximum absolute atomic E-state index is 10.6. The smallest absolute Gasteiger partial charge is 0.328 e. The van der Waals surface area contributed by atoms with Crippen LogP contribution in [0.3, 0.4) is 0 Å². The van der Waals surface area contributed by atoms with Gasteiger partial charge in [-0.2, -0.15) is 0 Å². The van der Waals surface area contributed by atoms with Crippen LogP contribution >= 0.6 is 0 Å². The van der Waals surface area contributed by atoms with Crippen molar-refractivity contribution in [2.75, 3.05) is 11.4 Å². The van der Waals surface area contributed by atoms with Gasteiger partial charge < -0.3 is 10.0 Å². The number of hydrogen-bond donors (Lipinski definition) is 1. The van der Waals surface area contributed by atoms with Crippen LogP contribution in [0.25, 0.3) is 6.08 Å². The summed E-state index contributed by atoms with van der Waals surface area (Å²) >= 11 is 0. The molecule has 0 spiro atoms. The van der Waals surface area contributed by atoms with E-state index in [4.69, 9.17) is 5.11 Å². The van der Waals surface area contributed by atoms with E-state index in [0.717, 1.165) is 24.2 Å². The lowest BCUT2D eigenvalue weighted by Gasteiger charge is -2.30. The topological polar surface area (TPSA) is 40.5 Å². The zero-order valence-corrected chi connectivity index (χ0v) is 11.3. The van der Waals surface area contributed by atoms with Gasteiger partial charge in [-0.1, -0.05) is 25.1 Å². The van der Waals surface area contributed by atoms with Crippen molar-refractivity contribution in [3.8, 4) is 0 Å². The fraction of sp³-hybridized carbons (Fsp3) is 0.400. The normalized spacial score (nSPS) is 11.1. The molecule has 0 aliphatic heterocycles. The second-order valence-electron chi connectivity index (χ2n) is 4.52. The summed E-state index contributed by atoms with van der Waals surface area (Å²) in [5.41, 5.74) is 2.04. The number of carboxylic acids is 1. The van der Waals surface area contributed by atoms with Gasteiger partial charge in [-0.15, -0.1) is 0 Å². The highest BCUT2D eigenvalue weighted by Crippen LogP contribution is 2.24. The molecule has 1 aromatic carbocycles. The SMILES string of the molecule is CCCN(c1ccccc1/C=C/C(=O)O)C(C)C. The molecule has 1 rings (SSSR count). The number of carbonyl (C=O) groups is 1. The minimum absolute atomic E-state index is 0.393. The molecule has 18 heavy (non-hydrogen) atoms. The first-order valence-electron chi connectivity index (χ1n) is 6.33. The van der Waals surface area contributed by atoms with Crippen molar-refractivity contribution >= 4 is 17.7 Å². The highest BCUT2D eigenvalue weighted by atomic mass is 16.4. The summed E-state index contributed by atoms with van der Waals surface area (Å²) in [5.74, 6) is -0.920. The van der Waals surface area contributed by atoms with Gasteiger partial charge in [-0.05, 0) is 38.0 Å². The molecule has 0 fully saturated rings. The van der Waals surface area contributed by atoms with Gasteiger partial charge in [0.05, 0.1) is 0 Å². The number of para-hydroxylation sites is 1. The third-order valence-corrected chi connectivity index (χ3v) is 2.74. The molecular formula is C15H21NO2. The van der Waals surface area contributed by atoms with E-state index in [9.17, 15) is 4.79 Å². The van der Waals surface area contributed by atoms with E-state index in [1.54, 1.807) is 6.08 Å². The summed E-state index contributed by atoms with van der Waals surface area (Å²) < 4.78 is 0. The van der Waals surface area contributed by atoms with Crippen LogP contribution in [0.1, 0.15) is 32.8 Å². The van der Waals surface area contributed by atoms with Gasteiger partial charge in [0, 0.05) is 24.4 Å². The fourth-order valence-corrected chi connectivity index (χ4v) is 1.95. The Balaban J connectivity index is 3.09.